The van der Waals surface area contributed by atoms with Gasteiger partial charge in [0, 0.05) is 31.7 Å². The van der Waals surface area contributed by atoms with Gasteiger partial charge in [-0.15, -0.1) is 0 Å². The number of rotatable bonds is 4. The molecule has 2 bridgehead atoms. The standard InChI is InChI=1S/C21H30N2O2/c1-22(20(24)21(25)11-5-6-12-21)19-13-17-9-10-18(14-19)23(17)15-16-7-3-2-4-8-16/h2-4,7-8,17-19,25H,5-6,9-15H2,1H3. The fourth-order valence-electron chi connectivity index (χ4n) is 5.28. The van der Waals surface area contributed by atoms with Crippen LogP contribution in [0.2, 0.25) is 0 Å². The smallest absolute Gasteiger partial charge is 0.254 e. The average Bonchev–Trinajstić information content (AvgIpc) is 3.15. The number of carbonyl (C=O) groups is 1. The summed E-state index contributed by atoms with van der Waals surface area (Å²) in [6.07, 6.45) is 7.77. The number of likely N-dealkylation sites (N-methyl/N-ethyl adjacent to an activating group) is 1. The third kappa shape index (κ3) is 3.22. The van der Waals surface area contributed by atoms with Crippen molar-refractivity contribution in [3.63, 3.8) is 0 Å². The first-order chi connectivity index (χ1) is 12.1. The number of aliphatic hydroxyl groups is 1. The largest absolute Gasteiger partial charge is 0.380 e. The van der Waals surface area contributed by atoms with E-state index < -0.39 is 5.60 Å². The second kappa shape index (κ2) is 6.73. The SMILES string of the molecule is CN(C(=O)C1(O)CCCC1)C1CC2CCC(C1)N2Cc1ccccc1. The Bertz CT molecular complexity index is 598. The molecule has 3 aliphatic rings. The van der Waals surface area contributed by atoms with Crippen molar-refractivity contribution in [3.8, 4) is 0 Å². The molecule has 2 atom stereocenters. The first-order valence-corrected chi connectivity index (χ1v) is 9.86. The quantitative estimate of drug-likeness (QED) is 0.915. The maximum absolute atomic E-state index is 12.8. The van der Waals surface area contributed by atoms with E-state index in [0.717, 1.165) is 32.2 Å². The van der Waals surface area contributed by atoms with Crippen LogP contribution < -0.4 is 0 Å². The summed E-state index contributed by atoms with van der Waals surface area (Å²) < 4.78 is 0. The van der Waals surface area contributed by atoms with Gasteiger partial charge in [-0.05, 0) is 56.9 Å². The molecule has 25 heavy (non-hydrogen) atoms. The molecule has 1 aromatic rings. The third-order valence-corrected chi connectivity index (χ3v) is 6.76. The van der Waals surface area contributed by atoms with Crippen LogP contribution >= 0.6 is 0 Å². The van der Waals surface area contributed by atoms with Crippen LogP contribution in [-0.4, -0.2) is 51.6 Å². The zero-order chi connectivity index (χ0) is 17.4. The van der Waals surface area contributed by atoms with Gasteiger partial charge in [0.1, 0.15) is 5.60 Å². The van der Waals surface area contributed by atoms with Crippen LogP contribution in [0.3, 0.4) is 0 Å². The number of nitrogens with zero attached hydrogens (tertiary/aromatic N) is 2. The van der Waals surface area contributed by atoms with Crippen LogP contribution in [0.1, 0.15) is 56.9 Å². The molecular weight excluding hydrogens is 312 g/mol. The highest BCUT2D eigenvalue weighted by Gasteiger charge is 2.46. The number of piperidine rings is 1. The molecule has 1 aromatic carbocycles. The van der Waals surface area contributed by atoms with Gasteiger partial charge in [-0.3, -0.25) is 9.69 Å². The van der Waals surface area contributed by atoms with Gasteiger partial charge in [-0.25, -0.2) is 0 Å². The minimum absolute atomic E-state index is 0.0362. The molecule has 0 aromatic heterocycles. The maximum Gasteiger partial charge on any atom is 0.254 e. The normalized spacial score (nSPS) is 31.2. The first-order valence-electron chi connectivity index (χ1n) is 9.86. The topological polar surface area (TPSA) is 43.8 Å². The van der Waals surface area contributed by atoms with E-state index in [2.05, 4.69) is 35.2 Å². The Morgan fingerprint density at radius 1 is 1.16 bits per heavy atom. The van der Waals surface area contributed by atoms with Crippen LogP contribution in [0.25, 0.3) is 0 Å². The fraction of sp³-hybridized carbons (Fsp3) is 0.667. The van der Waals surface area contributed by atoms with Gasteiger partial charge in [0.2, 0.25) is 0 Å². The molecule has 4 heteroatoms. The lowest BCUT2D eigenvalue weighted by atomic mass is 9.93. The summed E-state index contributed by atoms with van der Waals surface area (Å²) >= 11 is 0. The van der Waals surface area contributed by atoms with Crippen molar-refractivity contribution >= 4 is 5.91 Å². The highest BCUT2D eigenvalue weighted by Crippen LogP contribution is 2.39. The Morgan fingerprint density at radius 3 is 2.36 bits per heavy atom. The second-order valence-corrected chi connectivity index (χ2v) is 8.32. The molecule has 3 fully saturated rings. The monoisotopic (exact) mass is 342 g/mol. The average molecular weight is 342 g/mol. The van der Waals surface area contributed by atoms with E-state index >= 15 is 0 Å². The lowest BCUT2D eigenvalue weighted by Gasteiger charge is -2.43. The van der Waals surface area contributed by atoms with Crippen molar-refractivity contribution in [2.24, 2.45) is 0 Å². The molecule has 0 spiro atoms. The third-order valence-electron chi connectivity index (χ3n) is 6.76. The van der Waals surface area contributed by atoms with Gasteiger partial charge in [-0.1, -0.05) is 30.3 Å². The molecule has 0 radical (unpaired) electrons. The number of hydrogen-bond acceptors (Lipinski definition) is 3. The molecule has 4 nitrogen and oxygen atoms in total. The summed E-state index contributed by atoms with van der Waals surface area (Å²) in [5, 5.41) is 10.7. The van der Waals surface area contributed by atoms with Gasteiger partial charge in [0.05, 0.1) is 0 Å². The number of amides is 1. The molecule has 1 N–H and O–H groups in total. The van der Waals surface area contributed by atoms with Crippen molar-refractivity contribution in [2.75, 3.05) is 7.05 Å². The van der Waals surface area contributed by atoms with Gasteiger partial charge in [0.25, 0.3) is 5.91 Å². The zero-order valence-corrected chi connectivity index (χ0v) is 15.2. The van der Waals surface area contributed by atoms with Crippen molar-refractivity contribution in [1.29, 1.82) is 0 Å². The van der Waals surface area contributed by atoms with Crippen LogP contribution in [0.15, 0.2) is 30.3 Å². The minimum Gasteiger partial charge on any atom is -0.380 e. The van der Waals surface area contributed by atoms with Crippen LogP contribution in [0.4, 0.5) is 0 Å². The molecule has 4 rings (SSSR count). The number of fused-ring (bicyclic) bond motifs is 2. The summed E-state index contributed by atoms with van der Waals surface area (Å²) in [7, 11) is 1.91. The number of benzene rings is 1. The van der Waals surface area contributed by atoms with Gasteiger partial charge in [0.15, 0.2) is 0 Å². The molecule has 1 amide bonds. The van der Waals surface area contributed by atoms with Crippen LogP contribution in [0.5, 0.6) is 0 Å². The molecule has 136 valence electrons. The van der Waals surface area contributed by atoms with Crippen molar-refractivity contribution in [1.82, 2.24) is 9.80 Å². The number of hydrogen-bond donors (Lipinski definition) is 1. The Balaban J connectivity index is 1.42. The Hall–Kier alpha value is -1.39. The van der Waals surface area contributed by atoms with E-state index in [1.807, 2.05) is 11.9 Å². The highest BCUT2D eigenvalue weighted by molar-refractivity contribution is 5.85. The Labute approximate surface area is 150 Å². The first kappa shape index (κ1) is 17.0. The van der Waals surface area contributed by atoms with Crippen LogP contribution in [0, 0.1) is 0 Å². The molecule has 2 heterocycles. The summed E-state index contributed by atoms with van der Waals surface area (Å²) in [6.45, 7) is 1.02. The summed E-state index contributed by atoms with van der Waals surface area (Å²) in [5.74, 6) is -0.0362. The fourth-order valence-corrected chi connectivity index (χ4v) is 5.28. The Morgan fingerprint density at radius 2 is 1.76 bits per heavy atom. The molecule has 2 unspecified atom stereocenters. The van der Waals surface area contributed by atoms with Crippen molar-refractivity contribution in [2.45, 2.75) is 81.6 Å². The zero-order valence-electron chi connectivity index (χ0n) is 15.2. The van der Waals surface area contributed by atoms with E-state index in [4.69, 9.17) is 0 Å². The lowest BCUT2D eigenvalue weighted by molar-refractivity contribution is -0.153. The van der Waals surface area contributed by atoms with Crippen LogP contribution in [-0.2, 0) is 11.3 Å². The number of carbonyl (C=O) groups excluding carboxylic acids is 1. The summed E-state index contributed by atoms with van der Waals surface area (Å²) in [5.41, 5.74) is 0.289. The molecule has 2 saturated heterocycles. The molecule has 1 saturated carbocycles. The summed E-state index contributed by atoms with van der Waals surface area (Å²) in [6, 6.07) is 12.1. The second-order valence-electron chi connectivity index (χ2n) is 8.32. The van der Waals surface area contributed by atoms with Gasteiger partial charge in [-0.2, -0.15) is 0 Å². The van der Waals surface area contributed by atoms with E-state index in [0.29, 0.717) is 24.9 Å². The van der Waals surface area contributed by atoms with E-state index in [9.17, 15) is 9.90 Å². The van der Waals surface area contributed by atoms with Gasteiger partial charge < -0.3 is 10.0 Å². The van der Waals surface area contributed by atoms with E-state index in [1.165, 1.54) is 18.4 Å². The predicted molar refractivity (Wildman–Crippen MR) is 98.0 cm³/mol. The van der Waals surface area contributed by atoms with Crippen molar-refractivity contribution < 1.29 is 9.90 Å². The predicted octanol–water partition coefficient (Wildman–Crippen LogP) is 2.95. The van der Waals surface area contributed by atoms with Gasteiger partial charge >= 0.3 is 0 Å². The van der Waals surface area contributed by atoms with E-state index in [-0.39, 0.29) is 11.9 Å². The molecule has 1 aliphatic carbocycles. The lowest BCUT2D eigenvalue weighted by Crippen LogP contribution is -2.55. The van der Waals surface area contributed by atoms with E-state index in [1.54, 1.807) is 0 Å². The Kier molecular flexibility index (Phi) is 4.59. The molecule has 2 aliphatic heterocycles. The highest BCUT2D eigenvalue weighted by atomic mass is 16.3. The van der Waals surface area contributed by atoms with Crippen molar-refractivity contribution in [3.05, 3.63) is 35.9 Å². The molecular formula is C21H30N2O2. The summed E-state index contributed by atoms with van der Waals surface area (Å²) in [4.78, 5) is 17.4. The minimum atomic E-state index is -1.09. The maximum atomic E-state index is 12.8.